The summed E-state index contributed by atoms with van der Waals surface area (Å²) in [5, 5.41) is 1.55. The Morgan fingerprint density at radius 2 is 1.78 bits per heavy atom. The molecule has 0 spiro atoms. The van der Waals surface area contributed by atoms with E-state index < -0.39 is 24.5 Å². The van der Waals surface area contributed by atoms with Crippen LogP contribution in [0.15, 0.2) is 55.1 Å². The number of fused-ring (bicyclic) bond motifs is 5. The molecule has 6 rings (SSSR count). The lowest BCUT2D eigenvalue weighted by molar-refractivity contribution is 0.00578. The van der Waals surface area contributed by atoms with E-state index >= 15 is 4.39 Å². The average molecular weight is 522 g/mol. The number of allylic oxidation sites excluding steroid dienone is 1. The predicted octanol–water partition coefficient (Wildman–Crippen LogP) is 7.43. The Kier molecular flexibility index (Phi) is 5.26. The highest BCUT2D eigenvalue weighted by molar-refractivity contribution is 7.13. The van der Waals surface area contributed by atoms with Crippen LogP contribution in [0.5, 0.6) is 5.75 Å². The second-order valence-corrected chi connectivity index (χ2v) is 12.1. The fourth-order valence-corrected chi connectivity index (χ4v) is 5.92. The maximum atomic E-state index is 15.9. The van der Waals surface area contributed by atoms with E-state index in [0.717, 1.165) is 31.9 Å². The normalized spacial score (nSPS) is 19.8. The fraction of sp³-hybridized carbons (Fsp3) is 0.286. The first-order chi connectivity index (χ1) is 16.9. The molecular weight excluding hydrogens is 496 g/mol. The summed E-state index contributed by atoms with van der Waals surface area (Å²) in [5.74, 6) is 0.0658. The van der Waals surface area contributed by atoms with Crippen molar-refractivity contribution in [2.45, 2.75) is 52.0 Å². The van der Waals surface area contributed by atoms with E-state index in [1.807, 2.05) is 81.7 Å². The van der Waals surface area contributed by atoms with Gasteiger partial charge in [-0.15, -0.1) is 11.3 Å². The smallest absolute Gasteiger partial charge is 0.464 e. The van der Waals surface area contributed by atoms with Crippen molar-refractivity contribution in [1.82, 2.24) is 4.57 Å². The van der Waals surface area contributed by atoms with Crippen molar-refractivity contribution in [2.24, 2.45) is 0 Å². The Bertz CT molecular complexity index is 1540. The third-order valence-electron chi connectivity index (χ3n) is 7.42. The van der Waals surface area contributed by atoms with Crippen molar-refractivity contribution in [3.05, 3.63) is 75.7 Å². The van der Waals surface area contributed by atoms with Gasteiger partial charge >= 0.3 is 7.12 Å². The molecule has 0 amide bonds. The van der Waals surface area contributed by atoms with Crippen LogP contribution in [0.2, 0.25) is 5.02 Å². The Morgan fingerprint density at radius 3 is 2.44 bits per heavy atom. The topological polar surface area (TPSA) is 32.6 Å². The maximum Gasteiger partial charge on any atom is 0.495 e. The number of hydrogen-bond acceptors (Lipinski definition) is 4. The number of thiophene rings is 1. The second kappa shape index (κ2) is 7.96. The molecule has 4 heterocycles. The van der Waals surface area contributed by atoms with Crippen LogP contribution >= 0.6 is 22.9 Å². The zero-order valence-electron chi connectivity index (χ0n) is 20.8. The lowest BCUT2D eigenvalue weighted by Gasteiger charge is -2.32. The molecule has 1 atom stereocenters. The van der Waals surface area contributed by atoms with Crippen molar-refractivity contribution in [2.75, 3.05) is 0 Å². The molecule has 0 aliphatic carbocycles. The summed E-state index contributed by atoms with van der Waals surface area (Å²) in [4.78, 5) is 2.08. The largest absolute Gasteiger partial charge is 0.495 e. The fourth-order valence-electron chi connectivity index (χ4n) is 4.78. The number of hydrogen-bond donors (Lipinski definition) is 0. The molecule has 1 unspecified atom stereocenters. The molecule has 4 aromatic rings. The van der Waals surface area contributed by atoms with E-state index in [2.05, 4.69) is 6.58 Å². The third-order valence-corrected chi connectivity index (χ3v) is 8.94. The SMILES string of the molecule is C=C(C)c1ccc(C2Oc3cc(B4OC(C)(C)C(C)(C)O4)cc(F)c3-c3cc4cc(Cl)ccc4n32)s1. The lowest BCUT2D eigenvalue weighted by atomic mass is 9.78. The monoisotopic (exact) mass is 521 g/mol. The molecule has 2 aliphatic rings. The van der Waals surface area contributed by atoms with Crippen LogP contribution < -0.4 is 10.2 Å². The molecule has 0 radical (unpaired) electrons. The molecular formula is C28H26BClFNO3S. The van der Waals surface area contributed by atoms with Crippen LogP contribution in [0, 0.1) is 5.82 Å². The van der Waals surface area contributed by atoms with Crippen molar-refractivity contribution < 1.29 is 18.4 Å². The van der Waals surface area contributed by atoms with Crippen LogP contribution in [0.3, 0.4) is 0 Å². The van der Waals surface area contributed by atoms with Gasteiger partial charge in [0.2, 0.25) is 6.23 Å². The summed E-state index contributed by atoms with van der Waals surface area (Å²) < 4.78 is 36.9. The molecule has 0 saturated carbocycles. The predicted molar refractivity (Wildman–Crippen MR) is 146 cm³/mol. The average Bonchev–Trinajstić information content (AvgIpc) is 3.47. The Hall–Kier alpha value is -2.58. The van der Waals surface area contributed by atoms with Gasteiger partial charge in [-0.3, -0.25) is 4.57 Å². The number of halogens is 2. The van der Waals surface area contributed by atoms with Crippen molar-refractivity contribution in [1.29, 1.82) is 0 Å². The highest BCUT2D eigenvalue weighted by Gasteiger charge is 2.52. The van der Waals surface area contributed by atoms with Gasteiger partial charge in [0, 0.05) is 15.3 Å². The maximum absolute atomic E-state index is 15.9. The van der Waals surface area contributed by atoms with E-state index in [1.54, 1.807) is 11.3 Å². The van der Waals surface area contributed by atoms with Gasteiger partial charge in [-0.05, 0) is 94.2 Å². The van der Waals surface area contributed by atoms with Crippen molar-refractivity contribution in [3.63, 3.8) is 0 Å². The molecule has 2 aromatic heterocycles. The van der Waals surface area contributed by atoms with Gasteiger partial charge in [0.15, 0.2) is 0 Å². The van der Waals surface area contributed by atoms with Crippen molar-refractivity contribution in [3.8, 4) is 17.0 Å². The van der Waals surface area contributed by atoms with E-state index in [-0.39, 0.29) is 5.82 Å². The molecule has 36 heavy (non-hydrogen) atoms. The molecule has 2 aromatic carbocycles. The zero-order valence-corrected chi connectivity index (χ0v) is 22.4. The summed E-state index contributed by atoms with van der Waals surface area (Å²) >= 11 is 7.91. The summed E-state index contributed by atoms with van der Waals surface area (Å²) in [6, 6.07) is 15.1. The van der Waals surface area contributed by atoms with Crippen LogP contribution in [0.4, 0.5) is 4.39 Å². The molecule has 0 N–H and O–H groups in total. The number of aromatic nitrogens is 1. The van der Waals surface area contributed by atoms with Gasteiger partial charge in [-0.2, -0.15) is 0 Å². The number of rotatable bonds is 3. The zero-order chi connectivity index (χ0) is 25.6. The number of benzene rings is 2. The lowest BCUT2D eigenvalue weighted by Crippen LogP contribution is -2.41. The second-order valence-electron chi connectivity index (χ2n) is 10.5. The Balaban J connectivity index is 1.53. The standard InChI is InChI=1S/C28H26BClFNO3S/c1-15(2)23-9-10-24(36-23)26-32-20-8-7-18(30)11-16(20)12-21(32)25-19(31)13-17(14-22(25)33-26)29-34-27(3,4)28(5,6)35-29/h7-14,26H,1H2,2-6H3. The minimum Gasteiger partial charge on any atom is -0.464 e. The van der Waals surface area contributed by atoms with Crippen molar-refractivity contribution >= 4 is 52.0 Å². The van der Waals surface area contributed by atoms with Gasteiger partial charge in [-0.1, -0.05) is 18.2 Å². The van der Waals surface area contributed by atoms with Gasteiger partial charge in [0.05, 0.1) is 32.9 Å². The van der Waals surface area contributed by atoms with E-state index in [4.69, 9.17) is 25.6 Å². The van der Waals surface area contributed by atoms with Crippen LogP contribution in [0.25, 0.3) is 27.7 Å². The molecule has 1 saturated heterocycles. The summed E-state index contributed by atoms with van der Waals surface area (Å²) in [5.41, 5.74) is 2.58. The van der Waals surface area contributed by atoms with Gasteiger partial charge in [0.1, 0.15) is 11.6 Å². The van der Waals surface area contributed by atoms with Crippen LogP contribution in [-0.4, -0.2) is 22.9 Å². The number of ether oxygens (including phenoxy) is 1. The summed E-state index contributed by atoms with van der Waals surface area (Å²) in [7, 11) is -0.694. The molecule has 184 valence electrons. The van der Waals surface area contributed by atoms with Gasteiger partial charge < -0.3 is 14.0 Å². The number of nitrogens with zero attached hydrogens (tertiary/aromatic N) is 1. The molecule has 0 bridgehead atoms. The molecule has 1 fully saturated rings. The minimum absolute atomic E-state index is 0.389. The molecule has 2 aliphatic heterocycles. The van der Waals surface area contributed by atoms with Gasteiger partial charge in [-0.25, -0.2) is 4.39 Å². The first-order valence-electron chi connectivity index (χ1n) is 11.9. The Morgan fingerprint density at radius 1 is 1.06 bits per heavy atom. The van der Waals surface area contributed by atoms with Gasteiger partial charge in [0.25, 0.3) is 0 Å². The first kappa shape index (κ1) is 23.8. The minimum atomic E-state index is -0.694. The third kappa shape index (κ3) is 3.56. The highest BCUT2D eigenvalue weighted by atomic mass is 35.5. The summed E-state index contributed by atoms with van der Waals surface area (Å²) in [6.07, 6.45) is -0.475. The molecule has 8 heteroatoms. The quantitative estimate of drug-likeness (QED) is 0.263. The van der Waals surface area contributed by atoms with Crippen LogP contribution in [0.1, 0.15) is 50.6 Å². The molecule has 4 nitrogen and oxygen atoms in total. The Labute approximate surface area is 219 Å². The highest BCUT2D eigenvalue weighted by Crippen LogP contribution is 2.47. The van der Waals surface area contributed by atoms with E-state index in [1.165, 1.54) is 6.07 Å². The van der Waals surface area contributed by atoms with E-state index in [0.29, 0.717) is 21.8 Å². The van der Waals surface area contributed by atoms with Crippen LogP contribution in [-0.2, 0) is 9.31 Å². The summed E-state index contributed by atoms with van der Waals surface area (Å²) in [6.45, 7) is 14.0. The first-order valence-corrected chi connectivity index (χ1v) is 13.1. The van der Waals surface area contributed by atoms with E-state index in [9.17, 15) is 0 Å².